The predicted molar refractivity (Wildman–Crippen MR) is 87.4 cm³/mol. The third kappa shape index (κ3) is 3.56. The van der Waals surface area contributed by atoms with Gasteiger partial charge in [0.15, 0.2) is 5.82 Å². The van der Waals surface area contributed by atoms with Gasteiger partial charge in [-0.05, 0) is 36.8 Å². The molecule has 0 radical (unpaired) electrons. The predicted octanol–water partition coefficient (Wildman–Crippen LogP) is 3.58. The van der Waals surface area contributed by atoms with Crippen molar-refractivity contribution in [2.75, 3.05) is 0 Å². The molecule has 0 N–H and O–H groups in total. The summed E-state index contributed by atoms with van der Waals surface area (Å²) in [5, 5.41) is 3.48. The molecule has 2 heterocycles. The van der Waals surface area contributed by atoms with Crippen LogP contribution in [0.2, 0.25) is 0 Å². The lowest BCUT2D eigenvalue weighted by atomic mass is 10.2. The van der Waals surface area contributed by atoms with Crippen LogP contribution < -0.4 is 0 Å². The standard InChI is InChI=1S/C15H10ClF3N4O2S/c1-9-5-6-10(8-12(9)26(16,24)25)23-13(11-4-2-3-7-20-11)21-14(22-23)15(17,18)19/h2-8H,1H3. The zero-order valence-electron chi connectivity index (χ0n) is 13.1. The summed E-state index contributed by atoms with van der Waals surface area (Å²) in [6.07, 6.45) is -3.38. The molecule has 26 heavy (non-hydrogen) atoms. The van der Waals surface area contributed by atoms with Crippen LogP contribution in [0.1, 0.15) is 11.4 Å². The second kappa shape index (κ2) is 6.36. The van der Waals surface area contributed by atoms with E-state index >= 15 is 0 Å². The van der Waals surface area contributed by atoms with Crippen LogP contribution in [0.25, 0.3) is 17.2 Å². The molecule has 1 aromatic carbocycles. The van der Waals surface area contributed by atoms with E-state index in [1.165, 1.54) is 31.3 Å². The minimum atomic E-state index is -4.78. The molecular weight excluding hydrogens is 393 g/mol. The number of nitrogens with zero attached hydrogens (tertiary/aromatic N) is 4. The van der Waals surface area contributed by atoms with E-state index < -0.39 is 21.1 Å². The van der Waals surface area contributed by atoms with Gasteiger partial charge in [-0.1, -0.05) is 12.1 Å². The molecule has 0 bridgehead atoms. The van der Waals surface area contributed by atoms with Crippen LogP contribution in [-0.4, -0.2) is 28.2 Å². The average Bonchev–Trinajstić information content (AvgIpc) is 3.00. The van der Waals surface area contributed by atoms with E-state index in [-0.39, 0.29) is 22.1 Å². The van der Waals surface area contributed by atoms with Gasteiger partial charge in [0, 0.05) is 16.9 Å². The summed E-state index contributed by atoms with van der Waals surface area (Å²) in [5.41, 5.74) is 0.545. The van der Waals surface area contributed by atoms with Crippen molar-refractivity contribution in [3.05, 3.63) is 54.0 Å². The van der Waals surface area contributed by atoms with Gasteiger partial charge in [-0.25, -0.2) is 18.1 Å². The summed E-state index contributed by atoms with van der Waals surface area (Å²) in [4.78, 5) is 7.28. The Morgan fingerprint density at radius 1 is 1.15 bits per heavy atom. The van der Waals surface area contributed by atoms with E-state index in [2.05, 4.69) is 15.1 Å². The Hall–Kier alpha value is -2.46. The Kier molecular flexibility index (Phi) is 4.49. The number of benzene rings is 1. The Morgan fingerprint density at radius 3 is 2.46 bits per heavy atom. The molecule has 0 aliphatic heterocycles. The average molecular weight is 403 g/mol. The first kappa shape index (κ1) is 18.3. The monoisotopic (exact) mass is 402 g/mol. The molecule has 3 rings (SSSR count). The van der Waals surface area contributed by atoms with Gasteiger partial charge in [-0.3, -0.25) is 4.98 Å². The van der Waals surface area contributed by atoms with Gasteiger partial charge in [0.2, 0.25) is 0 Å². The zero-order chi connectivity index (χ0) is 19.1. The first-order valence-electron chi connectivity index (χ1n) is 7.09. The molecule has 0 spiro atoms. The van der Waals surface area contributed by atoms with Crippen LogP contribution in [0.3, 0.4) is 0 Å². The number of rotatable bonds is 3. The highest BCUT2D eigenvalue weighted by molar-refractivity contribution is 8.13. The van der Waals surface area contributed by atoms with Crippen molar-refractivity contribution >= 4 is 19.7 Å². The van der Waals surface area contributed by atoms with Crippen LogP contribution in [0, 0.1) is 6.92 Å². The Balaban J connectivity index is 2.27. The highest BCUT2D eigenvalue weighted by Crippen LogP contribution is 2.31. The van der Waals surface area contributed by atoms with Crippen LogP contribution in [0.5, 0.6) is 0 Å². The smallest absolute Gasteiger partial charge is 0.253 e. The fraction of sp³-hybridized carbons (Fsp3) is 0.133. The molecule has 0 saturated carbocycles. The summed E-state index contributed by atoms with van der Waals surface area (Å²) in [5.74, 6) is -1.55. The van der Waals surface area contributed by atoms with Crippen LogP contribution >= 0.6 is 10.7 Å². The lowest BCUT2D eigenvalue weighted by molar-refractivity contribution is -0.144. The molecule has 11 heteroatoms. The molecule has 0 saturated heterocycles. The summed E-state index contributed by atoms with van der Waals surface area (Å²) in [6.45, 7) is 1.52. The van der Waals surface area contributed by atoms with Crippen molar-refractivity contribution in [3.63, 3.8) is 0 Å². The second-order valence-corrected chi connectivity index (χ2v) is 7.81. The van der Waals surface area contributed by atoms with Crippen molar-refractivity contribution < 1.29 is 21.6 Å². The van der Waals surface area contributed by atoms with E-state index in [1.807, 2.05) is 0 Å². The van der Waals surface area contributed by atoms with Crippen molar-refractivity contribution in [3.8, 4) is 17.2 Å². The van der Waals surface area contributed by atoms with E-state index in [0.29, 0.717) is 5.56 Å². The quantitative estimate of drug-likeness (QED) is 0.626. The Morgan fingerprint density at radius 2 is 1.88 bits per heavy atom. The summed E-state index contributed by atoms with van der Waals surface area (Å²) >= 11 is 0. The van der Waals surface area contributed by atoms with Gasteiger partial charge in [0.05, 0.1) is 10.6 Å². The van der Waals surface area contributed by atoms with Crippen LogP contribution in [0.4, 0.5) is 13.2 Å². The first-order chi connectivity index (χ1) is 12.1. The summed E-state index contributed by atoms with van der Waals surface area (Å²) in [6, 6.07) is 8.62. The maximum absolute atomic E-state index is 13.1. The second-order valence-electron chi connectivity index (χ2n) is 5.27. The molecule has 2 aromatic heterocycles. The fourth-order valence-corrected chi connectivity index (χ4v) is 3.47. The van der Waals surface area contributed by atoms with Gasteiger partial charge >= 0.3 is 6.18 Å². The SMILES string of the molecule is Cc1ccc(-n2nc(C(F)(F)F)nc2-c2ccccn2)cc1S(=O)(=O)Cl. The van der Waals surface area contributed by atoms with Gasteiger partial charge in [-0.2, -0.15) is 13.2 Å². The highest BCUT2D eigenvalue weighted by Gasteiger charge is 2.37. The van der Waals surface area contributed by atoms with Crippen LogP contribution in [0.15, 0.2) is 47.5 Å². The van der Waals surface area contributed by atoms with Gasteiger partial charge in [0.1, 0.15) is 5.69 Å². The molecule has 6 nitrogen and oxygen atoms in total. The number of halogens is 4. The van der Waals surface area contributed by atoms with E-state index in [1.54, 1.807) is 12.1 Å². The third-order valence-corrected chi connectivity index (χ3v) is 4.90. The number of alkyl halides is 3. The molecule has 0 fully saturated rings. The molecule has 0 aliphatic rings. The Bertz CT molecular complexity index is 1070. The van der Waals surface area contributed by atoms with Crippen LogP contribution in [-0.2, 0) is 15.2 Å². The lowest BCUT2D eigenvalue weighted by Crippen LogP contribution is -2.09. The largest absolute Gasteiger partial charge is 0.453 e. The van der Waals surface area contributed by atoms with Crippen molar-refractivity contribution in [2.45, 2.75) is 18.0 Å². The molecule has 3 aromatic rings. The Labute approximate surface area is 150 Å². The van der Waals surface area contributed by atoms with Crippen molar-refractivity contribution in [1.29, 1.82) is 0 Å². The maximum atomic E-state index is 13.1. The normalized spacial score (nSPS) is 12.3. The molecule has 0 amide bonds. The summed E-state index contributed by atoms with van der Waals surface area (Å²) in [7, 11) is 1.30. The first-order valence-corrected chi connectivity index (χ1v) is 9.39. The minimum Gasteiger partial charge on any atom is -0.253 e. The molecule has 0 atom stereocenters. The fourth-order valence-electron chi connectivity index (χ4n) is 2.26. The third-order valence-electron chi connectivity index (χ3n) is 3.43. The molecular formula is C15H10ClF3N4O2S. The number of aryl methyl sites for hydroxylation is 1. The summed E-state index contributed by atoms with van der Waals surface area (Å²) < 4.78 is 63.5. The number of hydrogen-bond acceptors (Lipinski definition) is 5. The number of hydrogen-bond donors (Lipinski definition) is 0. The van der Waals surface area contributed by atoms with E-state index in [4.69, 9.17) is 10.7 Å². The van der Waals surface area contributed by atoms with E-state index in [0.717, 1.165) is 10.7 Å². The maximum Gasteiger partial charge on any atom is 0.453 e. The minimum absolute atomic E-state index is 0.0541. The van der Waals surface area contributed by atoms with Crippen molar-refractivity contribution in [1.82, 2.24) is 19.7 Å². The highest BCUT2D eigenvalue weighted by atomic mass is 35.7. The van der Waals surface area contributed by atoms with Gasteiger partial charge < -0.3 is 0 Å². The van der Waals surface area contributed by atoms with E-state index in [9.17, 15) is 21.6 Å². The van der Waals surface area contributed by atoms with Crippen molar-refractivity contribution in [2.24, 2.45) is 0 Å². The van der Waals surface area contributed by atoms with Gasteiger partial charge in [0.25, 0.3) is 14.9 Å². The number of pyridine rings is 1. The molecule has 136 valence electrons. The molecule has 0 aliphatic carbocycles. The molecule has 0 unspecified atom stereocenters. The van der Waals surface area contributed by atoms with Gasteiger partial charge in [-0.15, -0.1) is 5.10 Å². The number of aromatic nitrogens is 4. The zero-order valence-corrected chi connectivity index (χ0v) is 14.6. The lowest BCUT2D eigenvalue weighted by Gasteiger charge is -2.08. The topological polar surface area (TPSA) is 77.7 Å².